The zero-order valence-corrected chi connectivity index (χ0v) is 13.7. The van der Waals surface area contributed by atoms with E-state index in [1.54, 1.807) is 24.4 Å². The molecule has 3 rings (SSSR count). The third-order valence-electron chi connectivity index (χ3n) is 3.98. The number of hydrogen-bond acceptors (Lipinski definition) is 2. The van der Waals surface area contributed by atoms with Crippen molar-refractivity contribution >= 4 is 29.1 Å². The fraction of sp³-hybridized carbons (Fsp3) is 0.294. The van der Waals surface area contributed by atoms with Crippen molar-refractivity contribution in [3.05, 3.63) is 52.1 Å². The number of rotatable bonds is 2. The van der Waals surface area contributed by atoms with Crippen molar-refractivity contribution in [1.82, 2.24) is 9.88 Å². The van der Waals surface area contributed by atoms with Crippen molar-refractivity contribution in [3.63, 3.8) is 0 Å². The second-order valence-corrected chi connectivity index (χ2v) is 6.45. The molecule has 1 aromatic heterocycles. The molecule has 0 N–H and O–H groups in total. The maximum atomic E-state index is 12.5. The first-order chi connectivity index (χ1) is 10.5. The van der Waals surface area contributed by atoms with E-state index in [1.165, 1.54) is 0 Å². The molecule has 0 saturated carbocycles. The lowest BCUT2D eigenvalue weighted by Crippen LogP contribution is -2.33. The molecule has 2 heterocycles. The number of amides is 1. The Labute approximate surface area is 139 Å². The molecule has 1 atom stereocenters. The summed E-state index contributed by atoms with van der Waals surface area (Å²) >= 11 is 12.0. The highest BCUT2D eigenvalue weighted by atomic mass is 35.5. The molecule has 0 spiro atoms. The van der Waals surface area contributed by atoms with E-state index in [0.717, 1.165) is 30.6 Å². The van der Waals surface area contributed by atoms with E-state index < -0.39 is 0 Å². The Hall–Kier alpha value is -1.58. The fourth-order valence-electron chi connectivity index (χ4n) is 2.79. The summed E-state index contributed by atoms with van der Waals surface area (Å²) < 4.78 is 0. The third-order valence-corrected chi connectivity index (χ3v) is 4.42. The number of nitrogens with zero attached hydrogens (tertiary/aromatic N) is 2. The fourth-order valence-corrected chi connectivity index (χ4v) is 3.32. The smallest absolute Gasteiger partial charge is 0.255 e. The Balaban J connectivity index is 1.85. The summed E-state index contributed by atoms with van der Waals surface area (Å²) in [5.74, 6) is 0.0492. The number of aromatic nitrogens is 1. The molecular formula is C17H16Cl2N2O. The molecule has 0 bridgehead atoms. The number of benzene rings is 1. The minimum Gasteiger partial charge on any atom is -0.336 e. The van der Waals surface area contributed by atoms with Gasteiger partial charge >= 0.3 is 0 Å². The zero-order chi connectivity index (χ0) is 15.7. The Morgan fingerprint density at radius 3 is 2.50 bits per heavy atom. The van der Waals surface area contributed by atoms with Gasteiger partial charge in [-0.3, -0.25) is 9.78 Å². The lowest BCUT2D eigenvalue weighted by Gasteiger charge is -2.21. The van der Waals surface area contributed by atoms with Crippen molar-refractivity contribution in [2.75, 3.05) is 6.54 Å². The van der Waals surface area contributed by atoms with E-state index in [-0.39, 0.29) is 5.91 Å². The molecule has 1 aliphatic heterocycles. The van der Waals surface area contributed by atoms with Gasteiger partial charge in [0, 0.05) is 34.4 Å². The average Bonchev–Trinajstić information content (AvgIpc) is 2.92. The van der Waals surface area contributed by atoms with Gasteiger partial charge < -0.3 is 4.90 Å². The standard InChI is InChI=1S/C17H16Cl2N2O/c1-11-3-2-6-21(11)17(22)12-4-5-16(20-10-12)13-7-14(18)9-15(19)8-13/h4-5,7-11H,2-3,6H2,1H3. The number of carbonyl (C=O) groups excluding carboxylic acids is 1. The molecule has 1 aromatic carbocycles. The van der Waals surface area contributed by atoms with E-state index in [0.29, 0.717) is 21.7 Å². The lowest BCUT2D eigenvalue weighted by molar-refractivity contribution is 0.0747. The first-order valence-corrected chi connectivity index (χ1v) is 8.03. The molecule has 5 heteroatoms. The number of likely N-dealkylation sites (tertiary alicyclic amines) is 1. The first-order valence-electron chi connectivity index (χ1n) is 7.28. The van der Waals surface area contributed by atoms with Crippen LogP contribution in [0.15, 0.2) is 36.5 Å². The highest BCUT2D eigenvalue weighted by Crippen LogP contribution is 2.26. The van der Waals surface area contributed by atoms with Gasteiger partial charge in [-0.15, -0.1) is 0 Å². The van der Waals surface area contributed by atoms with Crippen LogP contribution in [-0.2, 0) is 0 Å². The van der Waals surface area contributed by atoms with Gasteiger partial charge in [0.2, 0.25) is 0 Å². The number of hydrogen-bond donors (Lipinski definition) is 0. The van der Waals surface area contributed by atoms with Crippen molar-refractivity contribution in [3.8, 4) is 11.3 Å². The molecule has 1 unspecified atom stereocenters. The zero-order valence-electron chi connectivity index (χ0n) is 12.2. The molecule has 0 radical (unpaired) electrons. The van der Waals surface area contributed by atoms with Crippen LogP contribution in [0.4, 0.5) is 0 Å². The molecule has 0 aliphatic carbocycles. The van der Waals surface area contributed by atoms with Crippen molar-refractivity contribution in [2.45, 2.75) is 25.8 Å². The first kappa shape index (κ1) is 15.3. The molecule has 1 aliphatic rings. The SMILES string of the molecule is CC1CCCN1C(=O)c1ccc(-c2cc(Cl)cc(Cl)c2)nc1. The average molecular weight is 335 g/mol. The minimum absolute atomic E-state index is 0.0492. The summed E-state index contributed by atoms with van der Waals surface area (Å²) in [5.41, 5.74) is 2.20. The summed E-state index contributed by atoms with van der Waals surface area (Å²) in [7, 11) is 0. The van der Waals surface area contributed by atoms with E-state index in [2.05, 4.69) is 11.9 Å². The van der Waals surface area contributed by atoms with E-state index in [1.807, 2.05) is 17.0 Å². The van der Waals surface area contributed by atoms with Crippen LogP contribution in [0.5, 0.6) is 0 Å². The molecule has 1 saturated heterocycles. The van der Waals surface area contributed by atoms with Crippen molar-refractivity contribution in [1.29, 1.82) is 0 Å². The Morgan fingerprint density at radius 1 is 1.23 bits per heavy atom. The van der Waals surface area contributed by atoms with Crippen LogP contribution in [0, 0.1) is 0 Å². The van der Waals surface area contributed by atoms with Crippen LogP contribution in [0.1, 0.15) is 30.1 Å². The van der Waals surface area contributed by atoms with Gasteiger partial charge in [-0.05, 0) is 50.1 Å². The Kier molecular flexibility index (Phi) is 4.37. The molecular weight excluding hydrogens is 319 g/mol. The quantitative estimate of drug-likeness (QED) is 0.798. The van der Waals surface area contributed by atoms with Gasteiger partial charge in [0.25, 0.3) is 5.91 Å². The highest BCUT2D eigenvalue weighted by Gasteiger charge is 2.26. The predicted molar refractivity (Wildman–Crippen MR) is 89.4 cm³/mol. The van der Waals surface area contributed by atoms with Crippen LogP contribution in [-0.4, -0.2) is 28.4 Å². The Bertz CT molecular complexity index is 680. The van der Waals surface area contributed by atoms with Gasteiger partial charge in [0.05, 0.1) is 11.3 Å². The number of halogens is 2. The second-order valence-electron chi connectivity index (χ2n) is 5.58. The van der Waals surface area contributed by atoms with Gasteiger partial charge in [-0.25, -0.2) is 0 Å². The van der Waals surface area contributed by atoms with Crippen molar-refractivity contribution in [2.24, 2.45) is 0 Å². The van der Waals surface area contributed by atoms with Crippen LogP contribution in [0.25, 0.3) is 11.3 Å². The predicted octanol–water partition coefficient (Wildman–Crippen LogP) is 4.68. The maximum Gasteiger partial charge on any atom is 0.255 e. The summed E-state index contributed by atoms with van der Waals surface area (Å²) in [6.07, 6.45) is 3.76. The molecule has 1 fully saturated rings. The molecule has 22 heavy (non-hydrogen) atoms. The van der Waals surface area contributed by atoms with Gasteiger partial charge in [0.15, 0.2) is 0 Å². The van der Waals surface area contributed by atoms with Crippen LogP contribution in [0.3, 0.4) is 0 Å². The normalized spacial score (nSPS) is 17.8. The second kappa shape index (κ2) is 6.27. The number of pyridine rings is 1. The monoisotopic (exact) mass is 334 g/mol. The Morgan fingerprint density at radius 2 is 1.95 bits per heavy atom. The maximum absolute atomic E-state index is 12.5. The summed E-state index contributed by atoms with van der Waals surface area (Å²) in [5, 5.41) is 1.13. The van der Waals surface area contributed by atoms with E-state index in [9.17, 15) is 4.79 Å². The largest absolute Gasteiger partial charge is 0.336 e. The minimum atomic E-state index is 0.0492. The molecule has 2 aromatic rings. The van der Waals surface area contributed by atoms with E-state index in [4.69, 9.17) is 23.2 Å². The summed E-state index contributed by atoms with van der Waals surface area (Å²) in [4.78, 5) is 18.8. The van der Waals surface area contributed by atoms with Crippen LogP contribution < -0.4 is 0 Å². The molecule has 1 amide bonds. The highest BCUT2D eigenvalue weighted by molar-refractivity contribution is 6.35. The topological polar surface area (TPSA) is 33.2 Å². The summed E-state index contributed by atoms with van der Waals surface area (Å²) in [6.45, 7) is 2.91. The van der Waals surface area contributed by atoms with Gasteiger partial charge in [-0.1, -0.05) is 23.2 Å². The van der Waals surface area contributed by atoms with Gasteiger partial charge in [-0.2, -0.15) is 0 Å². The lowest BCUT2D eigenvalue weighted by atomic mass is 10.1. The van der Waals surface area contributed by atoms with Crippen molar-refractivity contribution < 1.29 is 4.79 Å². The third kappa shape index (κ3) is 3.11. The van der Waals surface area contributed by atoms with Gasteiger partial charge in [0.1, 0.15) is 0 Å². The van der Waals surface area contributed by atoms with Crippen LogP contribution in [0.2, 0.25) is 10.0 Å². The van der Waals surface area contributed by atoms with E-state index >= 15 is 0 Å². The summed E-state index contributed by atoms with van der Waals surface area (Å²) in [6, 6.07) is 9.23. The molecule has 114 valence electrons. The molecule has 3 nitrogen and oxygen atoms in total. The van der Waals surface area contributed by atoms with Crippen LogP contribution >= 0.6 is 23.2 Å². The number of carbonyl (C=O) groups is 1.